The third-order valence-electron chi connectivity index (χ3n) is 2.17. The van der Waals surface area contributed by atoms with Gasteiger partial charge in [-0.25, -0.2) is 0 Å². The average Bonchev–Trinajstić information content (AvgIpc) is 2.56. The van der Waals surface area contributed by atoms with Gasteiger partial charge < -0.3 is 9.84 Å². The minimum Gasteiger partial charge on any atom is -0.508 e. The van der Waals surface area contributed by atoms with Crippen LogP contribution in [0.25, 0.3) is 0 Å². The lowest BCUT2D eigenvalue weighted by Crippen LogP contribution is -1.94. The maximum atomic E-state index is 9.22. The molecule has 1 atom stereocenters. The Kier molecular flexibility index (Phi) is 2.00. The minimum atomic E-state index is 0.206. The molecule has 64 valence electrons. The maximum absolute atomic E-state index is 9.22. The SMILES string of the molecule is Oc1cccc([C@@H]2CCCO2)c1. The predicted octanol–water partition coefficient (Wildman–Crippen LogP) is 2.24. The first-order valence-electron chi connectivity index (χ1n) is 4.27. The summed E-state index contributed by atoms with van der Waals surface area (Å²) in [4.78, 5) is 0. The molecule has 12 heavy (non-hydrogen) atoms. The molecule has 1 saturated heterocycles. The highest BCUT2D eigenvalue weighted by atomic mass is 16.5. The zero-order chi connectivity index (χ0) is 8.39. The number of hydrogen-bond donors (Lipinski definition) is 1. The van der Waals surface area contributed by atoms with Crippen LogP contribution in [0.2, 0.25) is 0 Å². The zero-order valence-corrected chi connectivity index (χ0v) is 6.86. The molecule has 0 unspecified atom stereocenters. The van der Waals surface area contributed by atoms with Gasteiger partial charge in [-0.2, -0.15) is 0 Å². The van der Waals surface area contributed by atoms with Crippen LogP contribution in [0, 0.1) is 0 Å². The number of phenolic OH excluding ortho intramolecular Hbond substituents is 1. The van der Waals surface area contributed by atoms with Crippen molar-refractivity contribution < 1.29 is 9.84 Å². The summed E-state index contributed by atoms with van der Waals surface area (Å²) in [5.74, 6) is 0.322. The summed E-state index contributed by atoms with van der Waals surface area (Å²) < 4.78 is 5.48. The molecule has 1 fully saturated rings. The Bertz CT molecular complexity index is 264. The predicted molar refractivity (Wildman–Crippen MR) is 46.0 cm³/mol. The Labute approximate surface area is 71.8 Å². The summed E-state index contributed by atoms with van der Waals surface area (Å²) >= 11 is 0. The molecule has 2 heteroatoms. The largest absolute Gasteiger partial charge is 0.508 e. The van der Waals surface area contributed by atoms with Gasteiger partial charge in [0.15, 0.2) is 0 Å². The van der Waals surface area contributed by atoms with E-state index in [0.29, 0.717) is 5.75 Å². The second kappa shape index (κ2) is 3.15. The first kappa shape index (κ1) is 7.62. The lowest BCUT2D eigenvalue weighted by Gasteiger charge is -2.08. The van der Waals surface area contributed by atoms with Crippen LogP contribution in [0.4, 0.5) is 0 Å². The lowest BCUT2D eigenvalue weighted by molar-refractivity contribution is 0.112. The van der Waals surface area contributed by atoms with Crippen molar-refractivity contribution in [3.8, 4) is 5.75 Å². The second-order valence-corrected chi connectivity index (χ2v) is 3.10. The molecule has 1 N–H and O–H groups in total. The average molecular weight is 164 g/mol. The summed E-state index contributed by atoms with van der Waals surface area (Å²) in [5, 5.41) is 9.22. The Balaban J connectivity index is 2.21. The maximum Gasteiger partial charge on any atom is 0.115 e. The Morgan fingerprint density at radius 1 is 1.42 bits per heavy atom. The van der Waals surface area contributed by atoms with Crippen molar-refractivity contribution >= 4 is 0 Å². The van der Waals surface area contributed by atoms with E-state index in [1.54, 1.807) is 12.1 Å². The van der Waals surface area contributed by atoms with E-state index in [-0.39, 0.29) is 6.10 Å². The van der Waals surface area contributed by atoms with E-state index in [9.17, 15) is 5.11 Å². The topological polar surface area (TPSA) is 29.5 Å². The van der Waals surface area contributed by atoms with Crippen LogP contribution in [0.3, 0.4) is 0 Å². The van der Waals surface area contributed by atoms with Crippen LogP contribution in [-0.4, -0.2) is 11.7 Å². The molecule has 1 aromatic carbocycles. The number of ether oxygens (including phenoxy) is 1. The van der Waals surface area contributed by atoms with E-state index < -0.39 is 0 Å². The van der Waals surface area contributed by atoms with Crippen molar-refractivity contribution in [2.75, 3.05) is 6.61 Å². The first-order chi connectivity index (χ1) is 5.86. The summed E-state index contributed by atoms with van der Waals surface area (Å²) in [5.41, 5.74) is 1.09. The summed E-state index contributed by atoms with van der Waals surface area (Å²) in [6.07, 6.45) is 2.40. The molecule has 1 aromatic rings. The van der Waals surface area contributed by atoms with Gasteiger partial charge in [-0.15, -0.1) is 0 Å². The molecular weight excluding hydrogens is 152 g/mol. The zero-order valence-electron chi connectivity index (χ0n) is 6.86. The van der Waals surface area contributed by atoms with Crippen molar-refractivity contribution in [3.05, 3.63) is 29.8 Å². The number of hydrogen-bond acceptors (Lipinski definition) is 2. The first-order valence-corrected chi connectivity index (χ1v) is 4.27. The number of aromatic hydroxyl groups is 1. The fourth-order valence-electron chi connectivity index (χ4n) is 1.57. The number of phenols is 1. The highest BCUT2D eigenvalue weighted by Gasteiger charge is 2.17. The Hall–Kier alpha value is -1.02. The van der Waals surface area contributed by atoms with Gasteiger partial charge in [-0.3, -0.25) is 0 Å². The summed E-state index contributed by atoms with van der Waals surface area (Å²) in [7, 11) is 0. The summed E-state index contributed by atoms with van der Waals surface area (Å²) in [6, 6.07) is 7.30. The van der Waals surface area contributed by atoms with Gasteiger partial charge in [-0.1, -0.05) is 12.1 Å². The molecule has 1 aliphatic rings. The monoisotopic (exact) mass is 164 g/mol. The van der Waals surface area contributed by atoms with E-state index in [0.717, 1.165) is 25.0 Å². The van der Waals surface area contributed by atoms with Gasteiger partial charge in [0.2, 0.25) is 0 Å². The highest BCUT2D eigenvalue weighted by Crippen LogP contribution is 2.29. The van der Waals surface area contributed by atoms with Gasteiger partial charge in [-0.05, 0) is 30.5 Å². The van der Waals surface area contributed by atoms with Crippen LogP contribution in [0.5, 0.6) is 5.75 Å². The summed E-state index contributed by atoms with van der Waals surface area (Å²) in [6.45, 7) is 0.848. The molecule has 1 aliphatic heterocycles. The van der Waals surface area contributed by atoms with Crippen molar-refractivity contribution in [1.82, 2.24) is 0 Å². The molecule has 0 amide bonds. The number of benzene rings is 1. The van der Waals surface area contributed by atoms with E-state index in [1.165, 1.54) is 0 Å². The molecule has 0 aromatic heterocycles. The second-order valence-electron chi connectivity index (χ2n) is 3.10. The van der Waals surface area contributed by atoms with Gasteiger partial charge in [0.25, 0.3) is 0 Å². The van der Waals surface area contributed by atoms with Gasteiger partial charge in [0.1, 0.15) is 5.75 Å². The van der Waals surface area contributed by atoms with E-state index in [2.05, 4.69) is 0 Å². The Morgan fingerprint density at radius 3 is 3.00 bits per heavy atom. The smallest absolute Gasteiger partial charge is 0.115 e. The molecule has 0 aliphatic carbocycles. The van der Waals surface area contributed by atoms with Crippen molar-refractivity contribution in [2.24, 2.45) is 0 Å². The fraction of sp³-hybridized carbons (Fsp3) is 0.400. The normalized spacial score (nSPS) is 22.8. The van der Waals surface area contributed by atoms with Crippen molar-refractivity contribution in [3.63, 3.8) is 0 Å². The van der Waals surface area contributed by atoms with E-state index in [1.807, 2.05) is 12.1 Å². The molecule has 1 heterocycles. The molecule has 0 bridgehead atoms. The molecule has 2 rings (SSSR count). The van der Waals surface area contributed by atoms with Crippen molar-refractivity contribution in [2.45, 2.75) is 18.9 Å². The quantitative estimate of drug-likeness (QED) is 0.689. The third kappa shape index (κ3) is 1.43. The van der Waals surface area contributed by atoms with Crippen LogP contribution in [-0.2, 0) is 4.74 Å². The minimum absolute atomic E-state index is 0.206. The van der Waals surface area contributed by atoms with Crippen LogP contribution >= 0.6 is 0 Å². The van der Waals surface area contributed by atoms with Crippen molar-refractivity contribution in [1.29, 1.82) is 0 Å². The van der Waals surface area contributed by atoms with Crippen LogP contribution < -0.4 is 0 Å². The van der Waals surface area contributed by atoms with Crippen LogP contribution in [0.15, 0.2) is 24.3 Å². The lowest BCUT2D eigenvalue weighted by atomic mass is 10.1. The van der Waals surface area contributed by atoms with Gasteiger partial charge in [0.05, 0.1) is 6.10 Å². The molecular formula is C10H12O2. The fourth-order valence-corrected chi connectivity index (χ4v) is 1.57. The van der Waals surface area contributed by atoms with Crippen LogP contribution in [0.1, 0.15) is 24.5 Å². The molecule has 0 spiro atoms. The van der Waals surface area contributed by atoms with E-state index in [4.69, 9.17) is 4.74 Å². The Morgan fingerprint density at radius 2 is 2.33 bits per heavy atom. The number of rotatable bonds is 1. The molecule has 0 saturated carbocycles. The molecule has 0 radical (unpaired) electrons. The highest BCUT2D eigenvalue weighted by molar-refractivity contribution is 5.28. The van der Waals surface area contributed by atoms with Gasteiger partial charge >= 0.3 is 0 Å². The molecule has 2 nitrogen and oxygen atoms in total. The van der Waals surface area contributed by atoms with Gasteiger partial charge in [0, 0.05) is 6.61 Å². The van der Waals surface area contributed by atoms with E-state index >= 15 is 0 Å². The third-order valence-corrected chi connectivity index (χ3v) is 2.17. The standard InChI is InChI=1S/C10H12O2/c11-9-4-1-3-8(7-9)10-5-2-6-12-10/h1,3-4,7,10-11H,2,5-6H2/t10-/m0/s1.